The number of carbonyl (C=O) groups excluding carboxylic acids is 2. The van der Waals surface area contributed by atoms with Crippen molar-refractivity contribution in [2.75, 3.05) is 63.1 Å². The predicted molar refractivity (Wildman–Crippen MR) is 186 cm³/mol. The van der Waals surface area contributed by atoms with Crippen molar-refractivity contribution in [1.82, 2.24) is 15.1 Å². The van der Waals surface area contributed by atoms with Gasteiger partial charge in [-0.2, -0.15) is 4.58 Å². The minimum Gasteiger partial charge on any atom is -0.497 e. The van der Waals surface area contributed by atoms with E-state index in [4.69, 9.17) is 15.5 Å². The Hall–Kier alpha value is -4.38. The number of nitrogens with one attached hydrogen (secondary N) is 2. The van der Waals surface area contributed by atoms with E-state index < -0.39 is 5.91 Å². The highest BCUT2D eigenvalue weighted by Crippen LogP contribution is 2.27. The van der Waals surface area contributed by atoms with Gasteiger partial charge in [-0.15, -0.1) is 0 Å². The van der Waals surface area contributed by atoms with Crippen LogP contribution < -0.4 is 26.0 Å². The number of nitrogens with two attached hydrogens (primary N) is 1. The van der Waals surface area contributed by atoms with Crippen molar-refractivity contribution in [3.8, 4) is 5.75 Å². The zero-order chi connectivity index (χ0) is 32.9. The summed E-state index contributed by atoms with van der Waals surface area (Å²) < 4.78 is 7.11. The Balaban J connectivity index is 1.14. The molecule has 6 rings (SSSR count). The van der Waals surface area contributed by atoms with Crippen molar-refractivity contribution in [3.05, 3.63) is 65.6 Å². The first-order chi connectivity index (χ1) is 22.8. The molecule has 0 spiro atoms. The molecule has 4 aliphatic rings. The largest absolute Gasteiger partial charge is 0.497 e. The van der Waals surface area contributed by atoms with Crippen LogP contribution in [-0.4, -0.2) is 103 Å². The number of hydrogen-bond donors (Lipinski definition) is 3. The van der Waals surface area contributed by atoms with Crippen LogP contribution in [0.2, 0.25) is 0 Å². The summed E-state index contributed by atoms with van der Waals surface area (Å²) in [5.41, 5.74) is 10.00. The molecule has 11 heteroatoms. The number of piperidine rings is 1. The summed E-state index contributed by atoms with van der Waals surface area (Å²) >= 11 is 0. The third-order valence-electron chi connectivity index (χ3n) is 9.96. The molecule has 0 aromatic heterocycles. The van der Waals surface area contributed by atoms with E-state index in [0.717, 1.165) is 68.8 Å². The highest BCUT2D eigenvalue weighted by molar-refractivity contribution is 5.96. The molecule has 4 N–H and O–H groups in total. The monoisotopic (exact) mass is 641 g/mol. The maximum Gasteiger partial charge on any atom is 0.317 e. The zero-order valence-corrected chi connectivity index (χ0v) is 28.0. The molecular weight excluding hydrogens is 592 g/mol. The van der Waals surface area contributed by atoms with E-state index in [1.165, 1.54) is 31.4 Å². The van der Waals surface area contributed by atoms with Crippen LogP contribution in [-0.2, 0) is 4.79 Å². The van der Waals surface area contributed by atoms with Crippen molar-refractivity contribution in [2.45, 2.75) is 64.5 Å². The maximum absolute atomic E-state index is 13.0. The van der Waals surface area contributed by atoms with Gasteiger partial charge in [0, 0.05) is 75.2 Å². The van der Waals surface area contributed by atoms with E-state index in [-0.39, 0.29) is 11.9 Å². The maximum atomic E-state index is 13.0. The topological polar surface area (TPSA) is 119 Å². The second-order valence-corrected chi connectivity index (χ2v) is 13.2. The third kappa shape index (κ3) is 7.96. The zero-order valence-electron chi connectivity index (χ0n) is 28.0. The third-order valence-corrected chi connectivity index (χ3v) is 9.96. The van der Waals surface area contributed by atoms with Gasteiger partial charge < -0.3 is 30.9 Å². The summed E-state index contributed by atoms with van der Waals surface area (Å²) in [5.74, 6) is 1.25. The Bertz CT molecular complexity index is 1530. The molecule has 3 heterocycles. The lowest BCUT2D eigenvalue weighted by Gasteiger charge is -2.39. The van der Waals surface area contributed by atoms with Crippen molar-refractivity contribution in [3.63, 3.8) is 0 Å². The van der Waals surface area contributed by atoms with Gasteiger partial charge in [0.25, 0.3) is 5.91 Å². The summed E-state index contributed by atoms with van der Waals surface area (Å²) in [5, 5.41) is 6.60. The van der Waals surface area contributed by atoms with Crippen LogP contribution in [0.1, 0.15) is 62.7 Å². The molecule has 2 saturated heterocycles. The molecule has 0 bridgehead atoms. The SMILES string of the molecule is COc1ccc(C(=O)NC2CCCN(C(C)=NC(Nc3ccc(N4CCN(C5CCCC5)CC4)cc3)=C(C(N)=O)[N+]3=C(C)C3)C2)cc1. The highest BCUT2D eigenvalue weighted by atomic mass is 16.5. The van der Waals surface area contributed by atoms with E-state index >= 15 is 0 Å². The van der Waals surface area contributed by atoms with Gasteiger partial charge in [-0.3, -0.25) is 14.5 Å². The van der Waals surface area contributed by atoms with Gasteiger partial charge in [0.15, 0.2) is 0 Å². The highest BCUT2D eigenvalue weighted by Gasteiger charge is 2.39. The number of ether oxygens (including phenoxy) is 1. The number of nitrogens with zero attached hydrogens (tertiary/aromatic N) is 5. The van der Waals surface area contributed by atoms with E-state index in [9.17, 15) is 9.59 Å². The number of methoxy groups -OCH3 is 1. The molecule has 1 aliphatic carbocycles. The Morgan fingerprint density at radius 2 is 1.62 bits per heavy atom. The van der Waals surface area contributed by atoms with Gasteiger partial charge in [-0.1, -0.05) is 12.8 Å². The summed E-state index contributed by atoms with van der Waals surface area (Å²) in [4.78, 5) is 38.0. The van der Waals surface area contributed by atoms with E-state index in [2.05, 4.69) is 37.5 Å². The molecule has 2 aromatic rings. The summed E-state index contributed by atoms with van der Waals surface area (Å²) in [6.07, 6.45) is 7.22. The molecule has 1 atom stereocenters. The molecule has 2 aromatic carbocycles. The number of amides is 2. The average Bonchev–Trinajstić information content (AvgIpc) is 3.53. The Labute approximate surface area is 278 Å². The molecule has 1 unspecified atom stereocenters. The number of hydrogen-bond acceptors (Lipinski definition) is 7. The fourth-order valence-corrected chi connectivity index (χ4v) is 7.12. The number of rotatable bonds is 10. The summed E-state index contributed by atoms with van der Waals surface area (Å²) in [6.45, 7) is 10.3. The molecule has 11 nitrogen and oxygen atoms in total. The van der Waals surface area contributed by atoms with Gasteiger partial charge in [0.05, 0.1) is 7.11 Å². The summed E-state index contributed by atoms with van der Waals surface area (Å²) in [7, 11) is 1.61. The average molecular weight is 642 g/mol. The first kappa shape index (κ1) is 32.6. The minimum absolute atomic E-state index is 0.0326. The fourth-order valence-electron chi connectivity index (χ4n) is 7.12. The molecule has 2 amide bonds. The van der Waals surface area contributed by atoms with Crippen LogP contribution in [0.5, 0.6) is 5.75 Å². The molecule has 250 valence electrons. The lowest BCUT2D eigenvalue weighted by Crippen LogP contribution is -2.49. The van der Waals surface area contributed by atoms with Gasteiger partial charge >= 0.3 is 11.6 Å². The number of anilines is 2. The van der Waals surface area contributed by atoms with E-state index in [1.54, 1.807) is 31.4 Å². The van der Waals surface area contributed by atoms with E-state index in [0.29, 0.717) is 35.9 Å². The van der Waals surface area contributed by atoms with Gasteiger partial charge in [0.2, 0.25) is 18.1 Å². The number of amidine groups is 1. The van der Waals surface area contributed by atoms with Crippen LogP contribution >= 0.6 is 0 Å². The van der Waals surface area contributed by atoms with Gasteiger partial charge in [0.1, 0.15) is 11.6 Å². The molecule has 3 fully saturated rings. The molecule has 47 heavy (non-hydrogen) atoms. The van der Waals surface area contributed by atoms with Crippen LogP contribution in [0.15, 0.2) is 65.0 Å². The number of piperazine rings is 1. The number of primary amides is 1. The Kier molecular flexibility index (Phi) is 10.1. The Morgan fingerprint density at radius 3 is 2.23 bits per heavy atom. The van der Waals surface area contributed by atoms with E-state index in [1.807, 2.05) is 30.6 Å². The van der Waals surface area contributed by atoms with Gasteiger partial charge in [-0.25, -0.2) is 4.99 Å². The Morgan fingerprint density at radius 1 is 0.936 bits per heavy atom. The number of aliphatic imine (C=N–C) groups is 1. The molecular formula is C36H49N8O3+. The first-order valence-corrected chi connectivity index (χ1v) is 17.0. The number of carbonyl (C=O) groups is 2. The molecule has 0 radical (unpaired) electrons. The smallest absolute Gasteiger partial charge is 0.317 e. The van der Waals surface area contributed by atoms with Crippen molar-refractivity contribution in [1.29, 1.82) is 0 Å². The van der Waals surface area contributed by atoms with Crippen molar-refractivity contribution >= 4 is 34.7 Å². The minimum atomic E-state index is -0.527. The summed E-state index contributed by atoms with van der Waals surface area (Å²) in [6, 6.07) is 16.2. The standard InChI is InChI=1S/C36H48N8O3/c1-25-23-44(25)33(34(37)45)35(39-28-12-14-31(15-13-28)42-21-19-41(20-22-42)30-8-4-5-9-30)38-26(2)43-18-6-7-29(24-43)40-36(46)27-10-16-32(47-3)17-11-27/h10-17,29-30H,4-9,18-24H2,1-3H3,(H3-,37,39,40,45,46)/p+1. The molecule has 1 saturated carbocycles. The molecule has 3 aliphatic heterocycles. The second-order valence-electron chi connectivity index (χ2n) is 13.2. The van der Waals surface area contributed by atoms with Crippen LogP contribution in [0.25, 0.3) is 0 Å². The lowest BCUT2D eigenvalue weighted by atomic mass is 10.0. The van der Waals surface area contributed by atoms with Crippen LogP contribution in [0.4, 0.5) is 11.4 Å². The van der Waals surface area contributed by atoms with Crippen LogP contribution in [0, 0.1) is 0 Å². The lowest BCUT2D eigenvalue weighted by molar-refractivity contribution is -0.379. The first-order valence-electron chi connectivity index (χ1n) is 17.0. The number of benzene rings is 2. The quantitative estimate of drug-likeness (QED) is 0.157. The van der Waals surface area contributed by atoms with Crippen molar-refractivity contribution in [2.24, 2.45) is 10.7 Å². The fraction of sp³-hybridized carbons (Fsp3) is 0.500. The predicted octanol–water partition coefficient (Wildman–Crippen LogP) is 3.63. The van der Waals surface area contributed by atoms with Gasteiger partial charge in [-0.05, 0) is 81.1 Å². The van der Waals surface area contributed by atoms with Crippen LogP contribution in [0.3, 0.4) is 0 Å². The normalized spacial score (nSPS) is 21.4. The number of likely N-dealkylation sites (tertiary alicyclic amines) is 1. The van der Waals surface area contributed by atoms with Crippen molar-refractivity contribution < 1.29 is 18.9 Å². The second kappa shape index (κ2) is 14.6.